The summed E-state index contributed by atoms with van der Waals surface area (Å²) >= 11 is 5.93. The number of sulfonamides is 1. The van der Waals surface area contributed by atoms with E-state index in [-0.39, 0.29) is 22.4 Å². The van der Waals surface area contributed by atoms with Gasteiger partial charge >= 0.3 is 0 Å². The van der Waals surface area contributed by atoms with Gasteiger partial charge in [0.05, 0.1) is 16.3 Å². The highest BCUT2D eigenvalue weighted by Crippen LogP contribution is 2.23. The molecule has 134 valence electrons. The second-order valence-electron chi connectivity index (χ2n) is 5.95. The summed E-state index contributed by atoms with van der Waals surface area (Å²) in [4.78, 5) is 14.0. The Bertz CT molecular complexity index is 668. The van der Waals surface area contributed by atoms with Gasteiger partial charge in [0.25, 0.3) is 5.91 Å². The van der Waals surface area contributed by atoms with Crippen molar-refractivity contribution in [2.45, 2.75) is 38.6 Å². The van der Waals surface area contributed by atoms with E-state index in [1.807, 2.05) is 6.92 Å². The minimum atomic E-state index is -3.28. The van der Waals surface area contributed by atoms with Crippen LogP contribution < -0.4 is 4.72 Å². The first-order valence-corrected chi connectivity index (χ1v) is 10.1. The molecule has 0 unspecified atom stereocenters. The lowest BCUT2D eigenvalue weighted by Crippen LogP contribution is -2.47. The number of likely N-dealkylation sites (tertiary alicyclic amines) is 1. The number of unbranched alkanes of at least 4 members (excludes halogenated alkanes) is 1. The zero-order valence-electron chi connectivity index (χ0n) is 13.6. The van der Waals surface area contributed by atoms with E-state index in [9.17, 15) is 17.6 Å². The summed E-state index contributed by atoms with van der Waals surface area (Å²) in [7, 11) is -3.28. The van der Waals surface area contributed by atoms with Gasteiger partial charge in [0.2, 0.25) is 10.0 Å². The molecule has 0 aliphatic carbocycles. The van der Waals surface area contributed by atoms with E-state index in [0.29, 0.717) is 32.4 Å². The Labute approximate surface area is 147 Å². The van der Waals surface area contributed by atoms with Crippen LogP contribution in [0.15, 0.2) is 18.2 Å². The number of carbonyl (C=O) groups is 1. The molecule has 8 heteroatoms. The average molecular weight is 377 g/mol. The first-order chi connectivity index (χ1) is 11.3. The lowest BCUT2D eigenvalue weighted by Gasteiger charge is -2.32. The zero-order chi connectivity index (χ0) is 17.7. The number of piperidine rings is 1. The van der Waals surface area contributed by atoms with Crippen LogP contribution in [0.25, 0.3) is 0 Å². The van der Waals surface area contributed by atoms with Gasteiger partial charge in [0.1, 0.15) is 5.82 Å². The van der Waals surface area contributed by atoms with Crippen LogP contribution >= 0.6 is 11.6 Å². The fourth-order valence-electron chi connectivity index (χ4n) is 2.71. The minimum Gasteiger partial charge on any atom is -0.338 e. The molecule has 0 atom stereocenters. The number of nitrogens with one attached hydrogen (secondary N) is 1. The summed E-state index contributed by atoms with van der Waals surface area (Å²) in [6, 6.07) is 3.94. The van der Waals surface area contributed by atoms with E-state index in [2.05, 4.69) is 4.72 Å². The Balaban J connectivity index is 1.94. The highest BCUT2D eigenvalue weighted by molar-refractivity contribution is 7.89. The fourth-order valence-corrected chi connectivity index (χ4v) is 4.48. The van der Waals surface area contributed by atoms with E-state index in [0.717, 1.165) is 6.42 Å². The van der Waals surface area contributed by atoms with Gasteiger partial charge in [0, 0.05) is 19.1 Å². The lowest BCUT2D eigenvalue weighted by atomic mass is 10.0. The first kappa shape index (κ1) is 19.1. The summed E-state index contributed by atoms with van der Waals surface area (Å²) in [5.41, 5.74) is -0.124. The van der Waals surface area contributed by atoms with E-state index in [1.54, 1.807) is 0 Å². The quantitative estimate of drug-likeness (QED) is 0.830. The molecule has 1 amide bonds. The summed E-state index contributed by atoms with van der Waals surface area (Å²) in [6.45, 7) is 2.67. The van der Waals surface area contributed by atoms with Gasteiger partial charge in [-0.15, -0.1) is 0 Å². The topological polar surface area (TPSA) is 66.5 Å². The Hall–Kier alpha value is -1.18. The number of nitrogens with zero attached hydrogens (tertiary/aromatic N) is 1. The van der Waals surface area contributed by atoms with E-state index >= 15 is 0 Å². The van der Waals surface area contributed by atoms with Crippen molar-refractivity contribution in [1.29, 1.82) is 0 Å². The highest BCUT2D eigenvalue weighted by Gasteiger charge is 2.28. The Morgan fingerprint density at radius 1 is 1.38 bits per heavy atom. The molecule has 1 aliphatic rings. The molecule has 1 saturated heterocycles. The molecule has 1 N–H and O–H groups in total. The maximum absolute atomic E-state index is 13.8. The molecule has 1 heterocycles. The molecule has 0 aromatic heterocycles. The number of hydrogen-bond donors (Lipinski definition) is 1. The van der Waals surface area contributed by atoms with Crippen LogP contribution in [-0.2, 0) is 10.0 Å². The van der Waals surface area contributed by atoms with Crippen LogP contribution in [0.3, 0.4) is 0 Å². The van der Waals surface area contributed by atoms with Crippen molar-refractivity contribution in [3.63, 3.8) is 0 Å². The standard InChI is InChI=1S/C16H22ClFN2O3S/c1-2-3-11-24(22,23)19-12-7-9-20(10-8-12)16(21)15-13(17)5-4-6-14(15)18/h4-6,12,19H,2-3,7-11H2,1H3. The summed E-state index contributed by atoms with van der Waals surface area (Å²) in [6.07, 6.45) is 2.45. The molecular formula is C16H22ClFN2O3S. The van der Waals surface area contributed by atoms with Crippen LogP contribution in [0, 0.1) is 5.82 Å². The van der Waals surface area contributed by atoms with Crippen molar-refractivity contribution in [2.75, 3.05) is 18.8 Å². The predicted molar refractivity (Wildman–Crippen MR) is 92.2 cm³/mol. The number of benzene rings is 1. The number of carbonyl (C=O) groups excluding carboxylic acids is 1. The van der Waals surface area contributed by atoms with E-state index < -0.39 is 21.7 Å². The highest BCUT2D eigenvalue weighted by atomic mass is 35.5. The first-order valence-electron chi connectivity index (χ1n) is 8.07. The number of halogens is 2. The number of hydrogen-bond acceptors (Lipinski definition) is 3. The maximum Gasteiger partial charge on any atom is 0.258 e. The molecule has 1 aliphatic heterocycles. The van der Waals surface area contributed by atoms with Crippen molar-refractivity contribution in [1.82, 2.24) is 9.62 Å². The number of amides is 1. The second kappa shape index (κ2) is 8.27. The third kappa shape index (κ3) is 4.91. The number of rotatable bonds is 6. The van der Waals surface area contributed by atoms with E-state index in [4.69, 9.17) is 11.6 Å². The summed E-state index contributed by atoms with van der Waals surface area (Å²) in [5.74, 6) is -0.978. The SMILES string of the molecule is CCCCS(=O)(=O)NC1CCN(C(=O)c2c(F)cccc2Cl)CC1. The van der Waals surface area contributed by atoms with Gasteiger partial charge < -0.3 is 4.90 Å². The molecule has 0 bridgehead atoms. The molecule has 1 aromatic rings. The predicted octanol–water partition coefficient (Wildman–Crippen LogP) is 2.80. The van der Waals surface area contributed by atoms with Crippen molar-refractivity contribution in [3.8, 4) is 0 Å². The van der Waals surface area contributed by atoms with Crippen molar-refractivity contribution < 1.29 is 17.6 Å². The van der Waals surface area contributed by atoms with Gasteiger partial charge in [0.15, 0.2) is 0 Å². The monoisotopic (exact) mass is 376 g/mol. The third-order valence-corrected chi connectivity index (χ3v) is 5.91. The molecule has 2 rings (SSSR count). The second-order valence-corrected chi connectivity index (χ2v) is 8.23. The van der Waals surface area contributed by atoms with Crippen molar-refractivity contribution >= 4 is 27.5 Å². The largest absolute Gasteiger partial charge is 0.338 e. The van der Waals surface area contributed by atoms with E-state index in [1.165, 1.54) is 23.1 Å². The molecule has 0 radical (unpaired) electrons. The zero-order valence-corrected chi connectivity index (χ0v) is 15.2. The molecule has 24 heavy (non-hydrogen) atoms. The van der Waals surface area contributed by atoms with Crippen LogP contribution in [0.4, 0.5) is 4.39 Å². The van der Waals surface area contributed by atoms with Gasteiger partial charge in [-0.2, -0.15) is 0 Å². The van der Waals surface area contributed by atoms with Crippen LogP contribution in [0.5, 0.6) is 0 Å². The summed E-state index contributed by atoms with van der Waals surface area (Å²) < 4.78 is 40.4. The van der Waals surface area contributed by atoms with Crippen LogP contribution in [-0.4, -0.2) is 44.1 Å². The maximum atomic E-state index is 13.8. The lowest BCUT2D eigenvalue weighted by molar-refractivity contribution is 0.0707. The summed E-state index contributed by atoms with van der Waals surface area (Å²) in [5, 5.41) is 0.0855. The van der Waals surface area contributed by atoms with Crippen molar-refractivity contribution in [2.24, 2.45) is 0 Å². The molecule has 0 saturated carbocycles. The Morgan fingerprint density at radius 2 is 2.04 bits per heavy atom. The van der Waals surface area contributed by atoms with Gasteiger partial charge in [-0.25, -0.2) is 17.5 Å². The van der Waals surface area contributed by atoms with Crippen molar-refractivity contribution in [3.05, 3.63) is 34.6 Å². The normalized spacial score (nSPS) is 16.4. The molecule has 0 spiro atoms. The molecule has 1 fully saturated rings. The van der Waals surface area contributed by atoms with Gasteiger partial charge in [-0.3, -0.25) is 4.79 Å². The van der Waals surface area contributed by atoms with Crippen LogP contribution in [0.1, 0.15) is 43.0 Å². The van der Waals surface area contributed by atoms with Gasteiger partial charge in [-0.05, 0) is 31.4 Å². The third-order valence-electron chi connectivity index (χ3n) is 4.07. The Morgan fingerprint density at radius 3 is 2.62 bits per heavy atom. The van der Waals surface area contributed by atoms with Gasteiger partial charge in [-0.1, -0.05) is 31.0 Å². The molecule has 5 nitrogen and oxygen atoms in total. The molecule has 1 aromatic carbocycles. The smallest absolute Gasteiger partial charge is 0.258 e. The van der Waals surface area contributed by atoms with Crippen LogP contribution in [0.2, 0.25) is 5.02 Å². The minimum absolute atomic E-state index is 0.0855. The average Bonchev–Trinajstić information content (AvgIpc) is 2.53. The fraction of sp³-hybridized carbons (Fsp3) is 0.562. The molecular weight excluding hydrogens is 355 g/mol. The Kier molecular flexibility index (Phi) is 6.60.